The van der Waals surface area contributed by atoms with Gasteiger partial charge in [0.15, 0.2) is 0 Å². The molecule has 0 aliphatic rings. The van der Waals surface area contributed by atoms with Gasteiger partial charge in [0.2, 0.25) is 5.95 Å². The third-order valence-electron chi connectivity index (χ3n) is 5.89. The second-order valence-corrected chi connectivity index (χ2v) is 8.12. The molecule has 0 radical (unpaired) electrons. The van der Waals surface area contributed by atoms with Crippen LogP contribution in [0.2, 0.25) is 0 Å². The summed E-state index contributed by atoms with van der Waals surface area (Å²) in [6.45, 7) is 4.14. The fourth-order valence-electron chi connectivity index (χ4n) is 3.88. The average molecular weight is 487 g/mol. The molecule has 0 aliphatic carbocycles. The number of alkyl halides is 3. The van der Waals surface area contributed by atoms with Crippen molar-refractivity contribution in [3.05, 3.63) is 76.4 Å². The number of halogens is 3. The predicted molar refractivity (Wildman–Crippen MR) is 125 cm³/mol. The summed E-state index contributed by atoms with van der Waals surface area (Å²) in [6, 6.07) is 11.9. The zero-order chi connectivity index (χ0) is 25.2. The van der Waals surface area contributed by atoms with Crippen molar-refractivity contribution in [2.75, 3.05) is 5.32 Å². The van der Waals surface area contributed by atoms with Crippen molar-refractivity contribution >= 4 is 16.9 Å². The Morgan fingerprint density at radius 2 is 1.89 bits per heavy atom. The molecule has 0 fully saturated rings. The van der Waals surface area contributed by atoms with Crippen molar-refractivity contribution in [3.8, 4) is 16.9 Å². The number of benzene rings is 2. The number of ether oxygens (including phenoxy) is 1. The van der Waals surface area contributed by atoms with E-state index in [2.05, 4.69) is 20.0 Å². The Balaban J connectivity index is 1.59. The molecule has 0 atom stereocenters. The number of aromatic amines is 1. The smallest absolute Gasteiger partial charge is 0.423 e. The van der Waals surface area contributed by atoms with Crippen LogP contribution in [0.4, 0.5) is 19.1 Å². The first kappa shape index (κ1) is 24.3. The summed E-state index contributed by atoms with van der Waals surface area (Å²) in [7, 11) is 0. The Morgan fingerprint density at radius 3 is 2.60 bits per heavy atom. The SMILES string of the molecule is CCC(O)(CC)c1cnc(NCc2ccc3c(-c4cccc(OC(F)(F)F)c4)cc(=O)oc3c2)[nH]1. The van der Waals surface area contributed by atoms with Gasteiger partial charge in [-0.05, 0) is 47.7 Å². The molecule has 0 saturated heterocycles. The van der Waals surface area contributed by atoms with Gasteiger partial charge in [-0.3, -0.25) is 0 Å². The zero-order valence-corrected chi connectivity index (χ0v) is 19.1. The predicted octanol–water partition coefficient (Wildman–Crippen LogP) is 5.70. The molecule has 2 aromatic carbocycles. The molecule has 35 heavy (non-hydrogen) atoms. The van der Waals surface area contributed by atoms with E-state index < -0.39 is 17.6 Å². The molecule has 0 bridgehead atoms. The summed E-state index contributed by atoms with van der Waals surface area (Å²) < 4.78 is 47.2. The molecule has 3 N–H and O–H groups in total. The monoisotopic (exact) mass is 487 g/mol. The van der Waals surface area contributed by atoms with Crippen LogP contribution in [-0.4, -0.2) is 21.4 Å². The molecule has 4 rings (SSSR count). The molecular formula is C25H24F3N3O4. The Labute approximate surface area is 198 Å². The Kier molecular flexibility index (Phi) is 6.58. The molecule has 2 aromatic heterocycles. The van der Waals surface area contributed by atoms with E-state index in [1.54, 1.807) is 24.4 Å². The lowest BCUT2D eigenvalue weighted by molar-refractivity contribution is -0.274. The van der Waals surface area contributed by atoms with E-state index in [1.165, 1.54) is 24.3 Å². The number of fused-ring (bicyclic) bond motifs is 1. The quantitative estimate of drug-likeness (QED) is 0.276. The first-order valence-corrected chi connectivity index (χ1v) is 11.0. The van der Waals surface area contributed by atoms with E-state index in [1.807, 2.05) is 19.9 Å². The van der Waals surface area contributed by atoms with Crippen LogP contribution in [0.5, 0.6) is 5.75 Å². The lowest BCUT2D eigenvalue weighted by atomic mass is 9.94. The number of imidazole rings is 1. The van der Waals surface area contributed by atoms with Crippen LogP contribution in [0.15, 0.2) is 63.9 Å². The standard InChI is InChI=1S/C25H24F3N3O4/c1-3-24(33,4-2)21-14-30-23(31-21)29-13-15-8-9-18-19(12-22(32)34-20(18)10-15)16-6-5-7-17(11-16)35-25(26,27)28/h5-12,14,33H,3-4,13H2,1-2H3,(H2,29,30,31). The summed E-state index contributed by atoms with van der Waals surface area (Å²) in [5, 5.41) is 14.3. The minimum Gasteiger partial charge on any atom is -0.423 e. The number of hydrogen-bond acceptors (Lipinski definition) is 6. The highest BCUT2D eigenvalue weighted by atomic mass is 19.4. The fourth-order valence-corrected chi connectivity index (χ4v) is 3.88. The Morgan fingerprint density at radius 1 is 1.11 bits per heavy atom. The van der Waals surface area contributed by atoms with Crippen molar-refractivity contribution in [1.29, 1.82) is 0 Å². The third kappa shape index (κ3) is 5.48. The van der Waals surface area contributed by atoms with Crippen LogP contribution in [0.25, 0.3) is 22.1 Å². The molecule has 0 saturated carbocycles. The number of nitrogens with zero attached hydrogens (tertiary/aromatic N) is 1. The minimum absolute atomic E-state index is 0.292. The second kappa shape index (κ2) is 9.46. The Bertz CT molecular complexity index is 1390. The average Bonchev–Trinajstić information content (AvgIpc) is 3.30. The van der Waals surface area contributed by atoms with Gasteiger partial charge < -0.3 is 24.6 Å². The lowest BCUT2D eigenvalue weighted by Gasteiger charge is -2.23. The second-order valence-electron chi connectivity index (χ2n) is 8.12. The number of aliphatic hydroxyl groups is 1. The molecule has 0 amide bonds. The van der Waals surface area contributed by atoms with Crippen molar-refractivity contribution in [3.63, 3.8) is 0 Å². The first-order valence-electron chi connectivity index (χ1n) is 11.0. The van der Waals surface area contributed by atoms with Crippen LogP contribution >= 0.6 is 0 Å². The summed E-state index contributed by atoms with van der Waals surface area (Å²) >= 11 is 0. The van der Waals surface area contributed by atoms with Gasteiger partial charge in [-0.15, -0.1) is 13.2 Å². The summed E-state index contributed by atoms with van der Waals surface area (Å²) in [4.78, 5) is 19.6. The summed E-state index contributed by atoms with van der Waals surface area (Å²) in [6.07, 6.45) is -2.14. The van der Waals surface area contributed by atoms with E-state index in [0.29, 0.717) is 53.1 Å². The maximum absolute atomic E-state index is 12.6. The highest BCUT2D eigenvalue weighted by Crippen LogP contribution is 2.32. The molecule has 0 spiro atoms. The van der Waals surface area contributed by atoms with Crippen LogP contribution in [0.3, 0.4) is 0 Å². The van der Waals surface area contributed by atoms with Crippen molar-refractivity contribution in [1.82, 2.24) is 9.97 Å². The Hall–Kier alpha value is -3.79. The molecule has 0 unspecified atom stereocenters. The molecule has 4 aromatic rings. The maximum Gasteiger partial charge on any atom is 0.573 e. The minimum atomic E-state index is -4.82. The van der Waals surface area contributed by atoms with Gasteiger partial charge in [-0.25, -0.2) is 9.78 Å². The van der Waals surface area contributed by atoms with Gasteiger partial charge in [0, 0.05) is 18.0 Å². The van der Waals surface area contributed by atoms with E-state index in [-0.39, 0.29) is 5.75 Å². The van der Waals surface area contributed by atoms with Gasteiger partial charge in [0.1, 0.15) is 16.9 Å². The lowest BCUT2D eigenvalue weighted by Crippen LogP contribution is -2.23. The number of H-pyrrole nitrogens is 1. The molecule has 7 nitrogen and oxygen atoms in total. The number of hydrogen-bond donors (Lipinski definition) is 3. The number of aromatic nitrogens is 2. The largest absolute Gasteiger partial charge is 0.573 e. The van der Waals surface area contributed by atoms with Gasteiger partial charge in [0.05, 0.1) is 11.9 Å². The zero-order valence-electron chi connectivity index (χ0n) is 19.1. The summed E-state index contributed by atoms with van der Waals surface area (Å²) in [5.41, 5.74) is 0.907. The number of anilines is 1. The molecular weight excluding hydrogens is 463 g/mol. The van der Waals surface area contributed by atoms with Crippen LogP contribution in [0.1, 0.15) is 37.9 Å². The van der Waals surface area contributed by atoms with E-state index >= 15 is 0 Å². The van der Waals surface area contributed by atoms with E-state index in [9.17, 15) is 23.1 Å². The highest BCUT2D eigenvalue weighted by Gasteiger charge is 2.31. The molecule has 0 aliphatic heterocycles. The van der Waals surface area contributed by atoms with Gasteiger partial charge >= 0.3 is 12.0 Å². The van der Waals surface area contributed by atoms with Crippen LogP contribution < -0.4 is 15.7 Å². The maximum atomic E-state index is 12.6. The van der Waals surface area contributed by atoms with Crippen LogP contribution in [-0.2, 0) is 12.1 Å². The van der Waals surface area contributed by atoms with Crippen molar-refractivity contribution in [2.24, 2.45) is 0 Å². The van der Waals surface area contributed by atoms with Gasteiger partial charge in [0.25, 0.3) is 0 Å². The van der Waals surface area contributed by atoms with Gasteiger partial charge in [-0.2, -0.15) is 0 Å². The normalized spacial score (nSPS) is 12.2. The van der Waals surface area contributed by atoms with E-state index in [4.69, 9.17) is 4.42 Å². The number of nitrogens with one attached hydrogen (secondary N) is 2. The van der Waals surface area contributed by atoms with Crippen LogP contribution in [0, 0.1) is 0 Å². The third-order valence-corrected chi connectivity index (χ3v) is 5.89. The number of rotatable bonds is 8. The molecule has 184 valence electrons. The molecule has 2 heterocycles. The molecule has 10 heteroatoms. The van der Waals surface area contributed by atoms with E-state index in [0.717, 1.165) is 5.56 Å². The topological polar surface area (TPSA) is 100 Å². The van der Waals surface area contributed by atoms with Crippen molar-refractivity contribution < 1.29 is 27.4 Å². The van der Waals surface area contributed by atoms with Crippen molar-refractivity contribution in [2.45, 2.75) is 45.2 Å². The first-order chi connectivity index (χ1) is 16.6. The highest BCUT2D eigenvalue weighted by molar-refractivity contribution is 5.93. The summed E-state index contributed by atoms with van der Waals surface area (Å²) in [5.74, 6) is 0.102. The fraction of sp³-hybridized carbons (Fsp3) is 0.280. The van der Waals surface area contributed by atoms with Gasteiger partial charge in [-0.1, -0.05) is 38.1 Å².